The molecule has 180 valence electrons. The van der Waals surface area contributed by atoms with Crippen molar-refractivity contribution in [3.63, 3.8) is 0 Å². The number of anilines is 2. The maximum Gasteiger partial charge on any atom is 0.273 e. The lowest BCUT2D eigenvalue weighted by atomic mass is 10.1. The fourth-order valence-corrected chi connectivity index (χ4v) is 4.14. The first-order valence-electron chi connectivity index (χ1n) is 11.5. The van der Waals surface area contributed by atoms with Gasteiger partial charge in [0.2, 0.25) is 0 Å². The predicted octanol–water partition coefficient (Wildman–Crippen LogP) is 4.47. The maximum absolute atomic E-state index is 13.2. The molecular weight excluding hydrogens is 446 g/mol. The van der Waals surface area contributed by atoms with Gasteiger partial charge in [-0.3, -0.25) is 24.7 Å². The number of aryl methyl sites for hydroxylation is 1. The minimum absolute atomic E-state index is 0.117. The molecule has 1 aliphatic heterocycles. The number of carbonyl (C=O) groups is 2. The largest absolute Gasteiger partial charge is 0.371 e. The van der Waals surface area contributed by atoms with Gasteiger partial charge in [-0.25, -0.2) is 0 Å². The number of nitro groups is 1. The molecule has 1 aromatic heterocycles. The number of hydrogen-bond acceptors (Lipinski definition) is 6. The number of carbonyl (C=O) groups excluding carboxylic acids is 2. The van der Waals surface area contributed by atoms with E-state index in [9.17, 15) is 19.7 Å². The Morgan fingerprint density at radius 3 is 2.57 bits per heavy atom. The molecule has 2 amide bonds. The number of rotatable bonds is 7. The van der Waals surface area contributed by atoms with E-state index in [1.165, 1.54) is 6.07 Å². The van der Waals surface area contributed by atoms with Crippen molar-refractivity contribution in [2.24, 2.45) is 0 Å². The Bertz CT molecular complexity index is 1240. The van der Waals surface area contributed by atoms with Crippen molar-refractivity contribution in [1.29, 1.82) is 0 Å². The first kappa shape index (κ1) is 23.9. The summed E-state index contributed by atoms with van der Waals surface area (Å²) in [6, 6.07) is 13.3. The topological polar surface area (TPSA) is 117 Å². The standard InChI is InChI=1S/C26H27N5O4/c1-18-7-8-20(14-24(18)31(34)35)25(32)29-21-9-10-23(30-12-3-2-4-13-30)22(15-21)26(33)28-17-19-6-5-11-27-16-19/h5-11,14-16H,2-4,12-13,17H2,1H3,(H,28,33)(H,29,32). The molecule has 9 nitrogen and oxygen atoms in total. The molecule has 2 heterocycles. The van der Waals surface area contributed by atoms with E-state index in [0.717, 1.165) is 43.6 Å². The molecule has 0 unspecified atom stereocenters. The average molecular weight is 474 g/mol. The Kier molecular flexibility index (Phi) is 7.35. The van der Waals surface area contributed by atoms with Crippen LogP contribution in [0.2, 0.25) is 0 Å². The van der Waals surface area contributed by atoms with Crippen molar-refractivity contribution in [2.45, 2.75) is 32.7 Å². The molecule has 0 saturated carbocycles. The number of aromatic nitrogens is 1. The van der Waals surface area contributed by atoms with Gasteiger partial charge in [0.1, 0.15) is 0 Å². The number of nitrogens with one attached hydrogen (secondary N) is 2. The number of pyridine rings is 1. The lowest BCUT2D eigenvalue weighted by Gasteiger charge is -2.30. The maximum atomic E-state index is 13.2. The Hall–Kier alpha value is -4.27. The summed E-state index contributed by atoms with van der Waals surface area (Å²) in [4.78, 5) is 43.0. The summed E-state index contributed by atoms with van der Waals surface area (Å²) >= 11 is 0. The van der Waals surface area contributed by atoms with Crippen molar-refractivity contribution < 1.29 is 14.5 Å². The number of amides is 2. The Morgan fingerprint density at radius 1 is 1.06 bits per heavy atom. The van der Waals surface area contributed by atoms with Crippen molar-refractivity contribution in [1.82, 2.24) is 10.3 Å². The molecule has 0 radical (unpaired) electrons. The summed E-state index contributed by atoms with van der Waals surface area (Å²) in [5, 5.41) is 17.0. The minimum Gasteiger partial charge on any atom is -0.371 e. The number of benzene rings is 2. The van der Waals surface area contributed by atoms with Crippen molar-refractivity contribution in [3.05, 3.63) is 93.3 Å². The third-order valence-corrected chi connectivity index (χ3v) is 6.04. The fourth-order valence-electron chi connectivity index (χ4n) is 4.14. The molecule has 1 fully saturated rings. The smallest absolute Gasteiger partial charge is 0.273 e. The molecular formula is C26H27N5O4. The number of hydrogen-bond donors (Lipinski definition) is 2. The van der Waals surface area contributed by atoms with Gasteiger partial charge >= 0.3 is 0 Å². The van der Waals surface area contributed by atoms with Crippen LogP contribution in [0.4, 0.5) is 17.1 Å². The van der Waals surface area contributed by atoms with E-state index in [1.807, 2.05) is 18.2 Å². The predicted molar refractivity (Wildman–Crippen MR) is 134 cm³/mol. The third kappa shape index (κ3) is 5.81. The highest BCUT2D eigenvalue weighted by Crippen LogP contribution is 2.28. The van der Waals surface area contributed by atoms with Gasteiger partial charge in [0.15, 0.2) is 0 Å². The molecule has 2 N–H and O–H groups in total. The van der Waals surface area contributed by atoms with Crippen LogP contribution in [0.1, 0.15) is 51.1 Å². The van der Waals surface area contributed by atoms with Crippen LogP contribution in [0.5, 0.6) is 0 Å². The van der Waals surface area contributed by atoms with Gasteiger partial charge in [-0.1, -0.05) is 12.1 Å². The van der Waals surface area contributed by atoms with Gasteiger partial charge in [0.05, 0.1) is 10.5 Å². The second-order valence-electron chi connectivity index (χ2n) is 8.54. The zero-order valence-corrected chi connectivity index (χ0v) is 19.5. The number of piperidine rings is 1. The normalized spacial score (nSPS) is 13.2. The van der Waals surface area contributed by atoms with E-state index in [-0.39, 0.29) is 17.2 Å². The van der Waals surface area contributed by atoms with Gasteiger partial charge < -0.3 is 15.5 Å². The van der Waals surface area contributed by atoms with Crippen LogP contribution in [0, 0.1) is 17.0 Å². The lowest BCUT2D eigenvalue weighted by Crippen LogP contribution is -2.32. The summed E-state index contributed by atoms with van der Waals surface area (Å²) in [6.07, 6.45) is 6.65. The van der Waals surface area contributed by atoms with Crippen LogP contribution in [-0.4, -0.2) is 34.8 Å². The zero-order chi connectivity index (χ0) is 24.8. The van der Waals surface area contributed by atoms with E-state index in [0.29, 0.717) is 23.4 Å². The lowest BCUT2D eigenvalue weighted by molar-refractivity contribution is -0.385. The molecule has 0 aliphatic carbocycles. The van der Waals surface area contributed by atoms with Crippen molar-refractivity contribution in [3.8, 4) is 0 Å². The van der Waals surface area contributed by atoms with Gasteiger partial charge in [0, 0.05) is 60.6 Å². The van der Waals surface area contributed by atoms with Crippen LogP contribution in [0.15, 0.2) is 60.9 Å². The molecule has 3 aromatic rings. The van der Waals surface area contributed by atoms with E-state index in [4.69, 9.17) is 0 Å². The second-order valence-corrected chi connectivity index (χ2v) is 8.54. The molecule has 0 bridgehead atoms. The number of nitrogens with zero attached hydrogens (tertiary/aromatic N) is 3. The van der Waals surface area contributed by atoms with Gasteiger partial charge in [0.25, 0.3) is 17.5 Å². The molecule has 4 rings (SSSR count). The highest BCUT2D eigenvalue weighted by molar-refractivity contribution is 6.06. The molecule has 1 saturated heterocycles. The first-order valence-corrected chi connectivity index (χ1v) is 11.5. The molecule has 35 heavy (non-hydrogen) atoms. The van der Waals surface area contributed by atoms with Crippen LogP contribution in [0.3, 0.4) is 0 Å². The molecule has 0 atom stereocenters. The van der Waals surface area contributed by atoms with E-state index in [1.54, 1.807) is 43.6 Å². The van der Waals surface area contributed by atoms with Crippen LogP contribution in [0.25, 0.3) is 0 Å². The molecule has 0 spiro atoms. The van der Waals surface area contributed by atoms with Gasteiger partial charge in [-0.2, -0.15) is 0 Å². The van der Waals surface area contributed by atoms with Crippen LogP contribution in [-0.2, 0) is 6.54 Å². The Balaban J connectivity index is 1.58. The molecule has 2 aromatic carbocycles. The SMILES string of the molecule is Cc1ccc(C(=O)Nc2ccc(N3CCCCC3)c(C(=O)NCc3cccnc3)c2)cc1[N+](=O)[O-]. The summed E-state index contributed by atoms with van der Waals surface area (Å²) < 4.78 is 0. The zero-order valence-electron chi connectivity index (χ0n) is 19.5. The van der Waals surface area contributed by atoms with E-state index < -0.39 is 10.8 Å². The van der Waals surface area contributed by atoms with Crippen LogP contribution < -0.4 is 15.5 Å². The van der Waals surface area contributed by atoms with Crippen molar-refractivity contribution in [2.75, 3.05) is 23.3 Å². The second kappa shape index (κ2) is 10.8. The van der Waals surface area contributed by atoms with Gasteiger partial charge in [-0.15, -0.1) is 0 Å². The third-order valence-electron chi connectivity index (χ3n) is 6.04. The molecule has 1 aliphatic rings. The highest BCUT2D eigenvalue weighted by atomic mass is 16.6. The Morgan fingerprint density at radius 2 is 1.86 bits per heavy atom. The summed E-state index contributed by atoms with van der Waals surface area (Å²) in [7, 11) is 0. The monoisotopic (exact) mass is 473 g/mol. The van der Waals surface area contributed by atoms with E-state index in [2.05, 4.69) is 20.5 Å². The van der Waals surface area contributed by atoms with Crippen LogP contribution >= 0.6 is 0 Å². The number of nitro benzene ring substituents is 1. The fraction of sp³-hybridized carbons (Fsp3) is 0.269. The Labute approximate surface area is 203 Å². The quantitative estimate of drug-likeness (QED) is 0.386. The highest BCUT2D eigenvalue weighted by Gasteiger charge is 2.21. The first-order chi connectivity index (χ1) is 16.9. The molecule has 9 heteroatoms. The van der Waals surface area contributed by atoms with Gasteiger partial charge in [-0.05, 0) is 62.1 Å². The summed E-state index contributed by atoms with van der Waals surface area (Å²) in [6.45, 7) is 3.68. The summed E-state index contributed by atoms with van der Waals surface area (Å²) in [5.41, 5.74) is 3.13. The summed E-state index contributed by atoms with van der Waals surface area (Å²) in [5.74, 6) is -0.739. The van der Waals surface area contributed by atoms with E-state index >= 15 is 0 Å². The average Bonchev–Trinajstić information content (AvgIpc) is 2.88. The minimum atomic E-state index is -0.510. The van der Waals surface area contributed by atoms with Crippen molar-refractivity contribution >= 4 is 28.9 Å².